The molecule has 2 unspecified atom stereocenters. The molecule has 94 valence electrons. The van der Waals surface area contributed by atoms with Crippen molar-refractivity contribution in [1.29, 1.82) is 0 Å². The van der Waals surface area contributed by atoms with Crippen molar-refractivity contribution in [3.8, 4) is 0 Å². The molecule has 0 bridgehead atoms. The zero-order chi connectivity index (χ0) is 11.6. The van der Waals surface area contributed by atoms with Crippen LogP contribution in [-0.2, 0) is 0 Å². The molecule has 0 heterocycles. The van der Waals surface area contributed by atoms with Gasteiger partial charge in [-0.3, -0.25) is 0 Å². The highest BCUT2D eigenvalue weighted by Crippen LogP contribution is 2.40. The van der Waals surface area contributed by atoms with E-state index in [2.05, 4.69) is 18.9 Å². The summed E-state index contributed by atoms with van der Waals surface area (Å²) in [6.07, 6.45) is 9.25. The Morgan fingerprint density at radius 1 is 1.25 bits per heavy atom. The Morgan fingerprint density at radius 3 is 2.50 bits per heavy atom. The van der Waals surface area contributed by atoms with E-state index in [4.69, 9.17) is 0 Å². The SMILES string of the molecule is CC1CCCC(CO)(CN(C)C2CCC2)C1. The van der Waals surface area contributed by atoms with Crippen molar-refractivity contribution in [2.75, 3.05) is 20.2 Å². The lowest BCUT2D eigenvalue weighted by molar-refractivity contribution is 0.00834. The van der Waals surface area contributed by atoms with Crippen LogP contribution in [0.25, 0.3) is 0 Å². The maximum Gasteiger partial charge on any atom is 0.0499 e. The number of hydrogen-bond acceptors (Lipinski definition) is 2. The normalized spacial score (nSPS) is 36.4. The lowest BCUT2D eigenvalue weighted by Gasteiger charge is -2.45. The predicted molar refractivity (Wildman–Crippen MR) is 67.4 cm³/mol. The second kappa shape index (κ2) is 5.05. The highest BCUT2D eigenvalue weighted by molar-refractivity contribution is 4.89. The third-order valence-electron chi connectivity index (χ3n) is 4.80. The summed E-state index contributed by atoms with van der Waals surface area (Å²) >= 11 is 0. The highest BCUT2D eigenvalue weighted by Gasteiger charge is 2.37. The molecule has 2 heteroatoms. The Labute approximate surface area is 100 Å². The van der Waals surface area contributed by atoms with E-state index in [0.717, 1.165) is 18.5 Å². The van der Waals surface area contributed by atoms with Crippen molar-refractivity contribution in [3.63, 3.8) is 0 Å². The first-order chi connectivity index (χ1) is 7.65. The maximum absolute atomic E-state index is 9.75. The predicted octanol–water partition coefficient (Wildman–Crippen LogP) is 2.66. The molecule has 0 aliphatic heterocycles. The van der Waals surface area contributed by atoms with E-state index in [1.807, 2.05) is 0 Å². The lowest BCUT2D eigenvalue weighted by atomic mass is 9.70. The molecule has 0 saturated heterocycles. The van der Waals surface area contributed by atoms with Crippen LogP contribution in [0.2, 0.25) is 0 Å². The van der Waals surface area contributed by atoms with Crippen molar-refractivity contribution in [1.82, 2.24) is 4.90 Å². The first-order valence-electron chi connectivity index (χ1n) is 6.96. The Hall–Kier alpha value is -0.0800. The molecule has 0 spiro atoms. The fourth-order valence-corrected chi connectivity index (χ4v) is 3.59. The summed E-state index contributed by atoms with van der Waals surface area (Å²) in [6.45, 7) is 3.83. The molecule has 1 N–H and O–H groups in total. The fourth-order valence-electron chi connectivity index (χ4n) is 3.59. The summed E-state index contributed by atoms with van der Waals surface area (Å²) in [6, 6.07) is 0.806. The van der Waals surface area contributed by atoms with Gasteiger partial charge in [0.05, 0.1) is 0 Å². The largest absolute Gasteiger partial charge is 0.396 e. The van der Waals surface area contributed by atoms with Gasteiger partial charge in [0.25, 0.3) is 0 Å². The molecular weight excluding hydrogens is 198 g/mol. The number of nitrogens with zero attached hydrogens (tertiary/aromatic N) is 1. The summed E-state index contributed by atoms with van der Waals surface area (Å²) in [5.41, 5.74) is 0.210. The van der Waals surface area contributed by atoms with Gasteiger partial charge >= 0.3 is 0 Å². The molecule has 2 saturated carbocycles. The van der Waals surface area contributed by atoms with Crippen LogP contribution in [0.3, 0.4) is 0 Å². The smallest absolute Gasteiger partial charge is 0.0499 e. The first-order valence-corrected chi connectivity index (χ1v) is 6.96. The number of rotatable bonds is 4. The molecule has 0 radical (unpaired) electrons. The Morgan fingerprint density at radius 2 is 2.00 bits per heavy atom. The van der Waals surface area contributed by atoms with E-state index in [9.17, 15) is 5.11 Å². The zero-order valence-electron chi connectivity index (χ0n) is 10.9. The standard InChI is InChI=1S/C14H27NO/c1-12-5-4-8-14(9-12,11-16)10-15(2)13-6-3-7-13/h12-13,16H,3-11H2,1-2H3. The van der Waals surface area contributed by atoms with E-state index in [1.54, 1.807) is 0 Å². The van der Waals surface area contributed by atoms with Crippen molar-refractivity contribution < 1.29 is 5.11 Å². The Balaban J connectivity index is 1.91. The third kappa shape index (κ3) is 2.60. The summed E-state index contributed by atoms with van der Waals surface area (Å²) in [5.74, 6) is 0.802. The monoisotopic (exact) mass is 225 g/mol. The number of aliphatic hydroxyl groups is 1. The Bertz CT molecular complexity index is 227. The van der Waals surface area contributed by atoms with Crippen LogP contribution in [0.1, 0.15) is 51.9 Å². The highest BCUT2D eigenvalue weighted by atomic mass is 16.3. The molecule has 2 atom stereocenters. The molecule has 0 aromatic heterocycles. The molecule has 2 fully saturated rings. The van der Waals surface area contributed by atoms with Crippen molar-refractivity contribution >= 4 is 0 Å². The second-order valence-corrected chi connectivity index (χ2v) is 6.36. The summed E-state index contributed by atoms with van der Waals surface area (Å²) in [5, 5.41) is 9.75. The number of hydrogen-bond donors (Lipinski definition) is 1. The van der Waals surface area contributed by atoms with E-state index in [0.29, 0.717) is 6.61 Å². The van der Waals surface area contributed by atoms with E-state index < -0.39 is 0 Å². The minimum absolute atomic E-state index is 0.210. The first kappa shape index (κ1) is 12.4. The van der Waals surface area contributed by atoms with Gasteiger partial charge < -0.3 is 10.0 Å². The van der Waals surface area contributed by atoms with Crippen molar-refractivity contribution in [2.45, 2.75) is 57.9 Å². The molecule has 2 rings (SSSR count). The topological polar surface area (TPSA) is 23.5 Å². The van der Waals surface area contributed by atoms with Crippen LogP contribution in [-0.4, -0.2) is 36.2 Å². The van der Waals surface area contributed by atoms with Gasteiger partial charge in [-0.1, -0.05) is 26.2 Å². The van der Waals surface area contributed by atoms with E-state index in [1.165, 1.54) is 44.9 Å². The molecule has 16 heavy (non-hydrogen) atoms. The summed E-state index contributed by atoms with van der Waals surface area (Å²) in [4.78, 5) is 2.51. The van der Waals surface area contributed by atoms with Crippen LogP contribution < -0.4 is 0 Å². The molecule has 2 aliphatic rings. The average Bonchev–Trinajstić information content (AvgIpc) is 2.14. The van der Waals surface area contributed by atoms with Crippen molar-refractivity contribution in [3.05, 3.63) is 0 Å². The number of aliphatic hydroxyl groups excluding tert-OH is 1. The minimum Gasteiger partial charge on any atom is -0.396 e. The molecular formula is C14H27NO. The minimum atomic E-state index is 0.210. The van der Waals surface area contributed by atoms with Gasteiger partial charge in [0.15, 0.2) is 0 Å². The van der Waals surface area contributed by atoms with Gasteiger partial charge in [-0.25, -0.2) is 0 Å². The van der Waals surface area contributed by atoms with Gasteiger partial charge in [0.2, 0.25) is 0 Å². The van der Waals surface area contributed by atoms with Gasteiger partial charge in [0.1, 0.15) is 0 Å². The van der Waals surface area contributed by atoms with Crippen LogP contribution in [0.5, 0.6) is 0 Å². The Kier molecular flexibility index (Phi) is 3.91. The van der Waals surface area contributed by atoms with Crippen LogP contribution in [0, 0.1) is 11.3 Å². The van der Waals surface area contributed by atoms with E-state index in [-0.39, 0.29) is 5.41 Å². The summed E-state index contributed by atoms with van der Waals surface area (Å²) < 4.78 is 0. The van der Waals surface area contributed by atoms with Crippen LogP contribution >= 0.6 is 0 Å². The third-order valence-corrected chi connectivity index (χ3v) is 4.80. The molecule has 0 aromatic carbocycles. The maximum atomic E-state index is 9.75. The zero-order valence-corrected chi connectivity index (χ0v) is 10.9. The average molecular weight is 225 g/mol. The van der Waals surface area contributed by atoms with Gasteiger partial charge in [0, 0.05) is 24.6 Å². The fraction of sp³-hybridized carbons (Fsp3) is 1.00. The van der Waals surface area contributed by atoms with Gasteiger partial charge in [-0.15, -0.1) is 0 Å². The quantitative estimate of drug-likeness (QED) is 0.795. The van der Waals surface area contributed by atoms with Gasteiger partial charge in [-0.2, -0.15) is 0 Å². The summed E-state index contributed by atoms with van der Waals surface area (Å²) in [7, 11) is 2.25. The van der Waals surface area contributed by atoms with Crippen LogP contribution in [0.4, 0.5) is 0 Å². The van der Waals surface area contributed by atoms with Gasteiger partial charge in [-0.05, 0) is 38.6 Å². The van der Waals surface area contributed by atoms with E-state index >= 15 is 0 Å². The molecule has 0 aromatic rings. The van der Waals surface area contributed by atoms with Crippen LogP contribution in [0.15, 0.2) is 0 Å². The second-order valence-electron chi connectivity index (χ2n) is 6.36. The molecule has 2 aliphatic carbocycles. The molecule has 2 nitrogen and oxygen atoms in total. The molecule has 0 amide bonds. The lowest BCUT2D eigenvalue weighted by Crippen LogP contribution is -2.47. The van der Waals surface area contributed by atoms with Crippen molar-refractivity contribution in [2.24, 2.45) is 11.3 Å².